The van der Waals surface area contributed by atoms with Crippen molar-refractivity contribution < 1.29 is 0 Å². The summed E-state index contributed by atoms with van der Waals surface area (Å²) in [5, 5.41) is 12.8. The van der Waals surface area contributed by atoms with Crippen LogP contribution in [0.5, 0.6) is 0 Å². The Labute approximate surface area is 273 Å². The molecule has 0 amide bonds. The molecular weight excluding hydrogens is 589 g/mol. The monoisotopic (exact) mass is 614 g/mol. The molecule has 3 aromatic heterocycles. The molecule has 2 nitrogen and oxygen atoms in total. The van der Waals surface area contributed by atoms with Crippen LogP contribution in [0, 0.1) is 0 Å². The van der Waals surface area contributed by atoms with Crippen molar-refractivity contribution in [3.05, 3.63) is 158 Å². The van der Waals surface area contributed by atoms with E-state index in [0.717, 1.165) is 0 Å². The first-order chi connectivity index (χ1) is 23.3. The van der Waals surface area contributed by atoms with Crippen LogP contribution < -0.4 is 0 Å². The van der Waals surface area contributed by atoms with Crippen LogP contribution in [0.15, 0.2) is 158 Å². The van der Waals surface area contributed by atoms with Crippen LogP contribution in [-0.2, 0) is 0 Å². The molecule has 0 N–H and O–H groups in total. The van der Waals surface area contributed by atoms with Crippen molar-refractivity contribution in [3.63, 3.8) is 0 Å². The van der Waals surface area contributed by atoms with E-state index in [2.05, 4.69) is 167 Å². The predicted molar refractivity (Wildman–Crippen MR) is 203 cm³/mol. The highest BCUT2D eigenvalue weighted by molar-refractivity contribution is 7.25. The maximum atomic E-state index is 2.49. The van der Waals surface area contributed by atoms with Crippen LogP contribution in [0.25, 0.3) is 96.7 Å². The van der Waals surface area contributed by atoms with E-state index in [1.807, 2.05) is 11.3 Å². The van der Waals surface area contributed by atoms with Crippen LogP contribution in [0.2, 0.25) is 0 Å². The van der Waals surface area contributed by atoms with E-state index < -0.39 is 0 Å². The van der Waals surface area contributed by atoms with Gasteiger partial charge in [-0.05, 0) is 70.8 Å². The van der Waals surface area contributed by atoms with Crippen LogP contribution in [0.4, 0.5) is 0 Å². The second kappa shape index (κ2) is 9.32. The van der Waals surface area contributed by atoms with E-state index in [9.17, 15) is 0 Å². The average Bonchev–Trinajstić information content (AvgIpc) is 3.76. The molecule has 3 heterocycles. The number of hydrogen-bond acceptors (Lipinski definition) is 1. The minimum Gasteiger partial charge on any atom is -0.309 e. The molecule has 3 heteroatoms. The van der Waals surface area contributed by atoms with E-state index in [1.165, 1.54) is 96.7 Å². The molecule has 0 unspecified atom stereocenters. The summed E-state index contributed by atoms with van der Waals surface area (Å²) in [6.45, 7) is 0. The van der Waals surface area contributed by atoms with E-state index >= 15 is 0 Å². The van der Waals surface area contributed by atoms with Gasteiger partial charge < -0.3 is 9.13 Å². The van der Waals surface area contributed by atoms with Crippen molar-refractivity contribution >= 4 is 96.7 Å². The molecular formula is C44H26N2S. The fourth-order valence-corrected chi connectivity index (χ4v) is 9.09. The number of fused-ring (bicyclic) bond motifs is 12. The first-order valence-electron chi connectivity index (χ1n) is 16.1. The lowest BCUT2D eigenvalue weighted by atomic mass is 10.0. The maximum Gasteiger partial charge on any atom is 0.0619 e. The molecule has 0 spiro atoms. The van der Waals surface area contributed by atoms with Gasteiger partial charge in [0.15, 0.2) is 0 Å². The molecule has 47 heavy (non-hydrogen) atoms. The second-order valence-electron chi connectivity index (χ2n) is 12.6. The van der Waals surface area contributed by atoms with Gasteiger partial charge in [0.2, 0.25) is 0 Å². The molecule has 0 saturated carbocycles. The van der Waals surface area contributed by atoms with Gasteiger partial charge in [-0.3, -0.25) is 0 Å². The molecule has 0 saturated heterocycles. The van der Waals surface area contributed by atoms with Crippen LogP contribution >= 0.6 is 11.3 Å². The van der Waals surface area contributed by atoms with Crippen LogP contribution in [-0.4, -0.2) is 9.13 Å². The lowest BCUT2D eigenvalue weighted by Gasteiger charge is -2.11. The van der Waals surface area contributed by atoms with Gasteiger partial charge >= 0.3 is 0 Å². The third-order valence-electron chi connectivity index (χ3n) is 10.0. The van der Waals surface area contributed by atoms with Crippen molar-refractivity contribution in [2.45, 2.75) is 0 Å². The summed E-state index contributed by atoms with van der Waals surface area (Å²) >= 11 is 1.88. The maximum absolute atomic E-state index is 2.49. The molecule has 11 aromatic rings. The highest BCUT2D eigenvalue weighted by Gasteiger charge is 2.20. The number of aromatic nitrogens is 2. The van der Waals surface area contributed by atoms with Gasteiger partial charge in [0.1, 0.15) is 0 Å². The summed E-state index contributed by atoms with van der Waals surface area (Å²) in [4.78, 5) is 0. The van der Waals surface area contributed by atoms with E-state index in [4.69, 9.17) is 0 Å². The molecule has 218 valence electrons. The van der Waals surface area contributed by atoms with E-state index in [-0.39, 0.29) is 0 Å². The number of nitrogens with zero attached hydrogens (tertiary/aromatic N) is 2. The third-order valence-corrected chi connectivity index (χ3v) is 11.2. The van der Waals surface area contributed by atoms with Crippen molar-refractivity contribution in [3.8, 4) is 11.4 Å². The zero-order chi connectivity index (χ0) is 30.6. The molecule has 0 aliphatic heterocycles. The number of thiophene rings is 1. The average molecular weight is 615 g/mol. The van der Waals surface area contributed by atoms with E-state index in [0.29, 0.717) is 0 Å². The standard InChI is InChI=1S/C44H26N2S/c1-2-13-30(14-3-1)46-41-26-40-38(25-37(41)35-20-18-27-10-6-7-15-32(27)44(35)46)36-22-28-11-4-5-12-29(28)23-39(36)45(40)31-19-21-34-33-16-8-9-17-42(33)47-43(34)24-31/h1-26H. The van der Waals surface area contributed by atoms with Crippen molar-refractivity contribution in [1.82, 2.24) is 9.13 Å². The van der Waals surface area contributed by atoms with Gasteiger partial charge in [0, 0.05) is 58.5 Å². The quantitative estimate of drug-likeness (QED) is 0.183. The zero-order valence-corrected chi connectivity index (χ0v) is 26.1. The first kappa shape index (κ1) is 25.3. The zero-order valence-electron chi connectivity index (χ0n) is 25.3. The largest absolute Gasteiger partial charge is 0.309 e. The van der Waals surface area contributed by atoms with Gasteiger partial charge in [0.25, 0.3) is 0 Å². The molecule has 0 aliphatic carbocycles. The summed E-state index contributed by atoms with van der Waals surface area (Å²) in [5.74, 6) is 0. The first-order valence-corrected chi connectivity index (χ1v) is 16.9. The summed E-state index contributed by atoms with van der Waals surface area (Å²) in [6, 6.07) is 58.3. The fraction of sp³-hybridized carbons (Fsp3) is 0. The minimum absolute atomic E-state index is 1.17. The Morgan fingerprint density at radius 3 is 1.81 bits per heavy atom. The Hall–Kier alpha value is -5.90. The highest BCUT2D eigenvalue weighted by Crippen LogP contribution is 2.43. The summed E-state index contributed by atoms with van der Waals surface area (Å²) < 4.78 is 7.60. The summed E-state index contributed by atoms with van der Waals surface area (Å²) in [7, 11) is 0. The van der Waals surface area contributed by atoms with Gasteiger partial charge in [-0.2, -0.15) is 0 Å². The smallest absolute Gasteiger partial charge is 0.0619 e. The van der Waals surface area contributed by atoms with Crippen LogP contribution in [0.1, 0.15) is 0 Å². The van der Waals surface area contributed by atoms with Crippen LogP contribution in [0.3, 0.4) is 0 Å². The topological polar surface area (TPSA) is 9.86 Å². The molecule has 0 fully saturated rings. The predicted octanol–water partition coefficient (Wildman–Crippen LogP) is 12.6. The van der Waals surface area contributed by atoms with Gasteiger partial charge in [-0.1, -0.05) is 103 Å². The second-order valence-corrected chi connectivity index (χ2v) is 13.7. The fourth-order valence-electron chi connectivity index (χ4n) is 7.95. The van der Waals surface area contributed by atoms with Gasteiger partial charge in [-0.15, -0.1) is 11.3 Å². The van der Waals surface area contributed by atoms with Crippen molar-refractivity contribution in [2.24, 2.45) is 0 Å². The van der Waals surface area contributed by atoms with Gasteiger partial charge in [0.05, 0.1) is 22.1 Å². The Kier molecular flexibility index (Phi) is 5.02. The molecule has 8 aromatic carbocycles. The number of para-hydroxylation sites is 1. The Balaban J connectivity index is 1.33. The SMILES string of the molecule is c1ccc(-n2c3cc4c(cc3c3ccc5ccccc5c32)c2cc3ccccc3cc2n4-c2ccc3c(c2)sc2ccccc23)cc1. The summed E-state index contributed by atoms with van der Waals surface area (Å²) in [5.41, 5.74) is 7.27. The summed E-state index contributed by atoms with van der Waals surface area (Å²) in [6.07, 6.45) is 0. The number of rotatable bonds is 2. The normalized spacial score (nSPS) is 12.3. The molecule has 0 radical (unpaired) electrons. The van der Waals surface area contributed by atoms with Crippen molar-refractivity contribution in [1.29, 1.82) is 0 Å². The molecule has 0 bridgehead atoms. The molecule has 0 atom stereocenters. The lowest BCUT2D eigenvalue weighted by Crippen LogP contribution is -1.96. The third kappa shape index (κ3) is 3.49. The number of hydrogen-bond donors (Lipinski definition) is 0. The van der Waals surface area contributed by atoms with Gasteiger partial charge in [-0.25, -0.2) is 0 Å². The molecule has 0 aliphatic rings. The lowest BCUT2D eigenvalue weighted by molar-refractivity contribution is 1.17. The Morgan fingerprint density at radius 2 is 0.936 bits per heavy atom. The van der Waals surface area contributed by atoms with Crippen molar-refractivity contribution in [2.75, 3.05) is 0 Å². The highest BCUT2D eigenvalue weighted by atomic mass is 32.1. The minimum atomic E-state index is 1.17. The molecule has 11 rings (SSSR count). The Bertz CT molecular complexity index is 3070. The Morgan fingerprint density at radius 1 is 0.319 bits per heavy atom. The number of benzene rings is 8. The van der Waals surface area contributed by atoms with E-state index in [1.54, 1.807) is 0 Å².